The molecule has 0 amide bonds. The van der Waals surface area contributed by atoms with E-state index in [4.69, 9.17) is 0 Å². The van der Waals surface area contributed by atoms with E-state index in [1.807, 2.05) is 0 Å². The molecule has 20 heavy (non-hydrogen) atoms. The summed E-state index contributed by atoms with van der Waals surface area (Å²) in [4.78, 5) is 4.53. The average Bonchev–Trinajstić information content (AvgIpc) is 2.40. The molecule has 1 aromatic rings. The van der Waals surface area contributed by atoms with Gasteiger partial charge in [-0.05, 0) is 37.1 Å². The van der Waals surface area contributed by atoms with Crippen LogP contribution in [0, 0.1) is 0 Å². The summed E-state index contributed by atoms with van der Waals surface area (Å²) in [5.74, 6) is 0.771. The molecule has 0 bridgehead atoms. The molecular formula is C13H15F3N2OS. The van der Waals surface area contributed by atoms with Crippen LogP contribution in [0.5, 0.6) is 5.75 Å². The number of nitrogens with one attached hydrogen (secondary N) is 1. The topological polar surface area (TPSA) is 33.6 Å². The Bertz CT molecular complexity index is 473. The van der Waals surface area contributed by atoms with E-state index in [0.29, 0.717) is 11.7 Å². The number of aliphatic imine (C=N–C) groups is 1. The van der Waals surface area contributed by atoms with Gasteiger partial charge in [0, 0.05) is 11.4 Å². The fraction of sp³-hybridized carbons (Fsp3) is 0.462. The predicted molar refractivity (Wildman–Crippen MR) is 75.3 cm³/mol. The van der Waals surface area contributed by atoms with Crippen molar-refractivity contribution < 1.29 is 17.9 Å². The Morgan fingerprint density at radius 1 is 1.35 bits per heavy atom. The van der Waals surface area contributed by atoms with Crippen molar-refractivity contribution in [3.8, 4) is 5.75 Å². The zero-order chi connectivity index (χ0) is 14.6. The Morgan fingerprint density at radius 3 is 2.65 bits per heavy atom. The molecule has 7 heteroatoms. The minimum atomic E-state index is -4.66. The standard InChI is InChI=1S/C13H15F3N2OS/c1-2-9-7-8-20-12(17-9)18-10-3-5-11(6-4-10)19-13(14,15)16/h3-6,9H,2,7-8H2,1H3,(H,17,18). The minimum Gasteiger partial charge on any atom is -0.406 e. The molecule has 1 aromatic carbocycles. The van der Waals surface area contributed by atoms with Gasteiger partial charge in [-0.1, -0.05) is 18.7 Å². The molecule has 0 radical (unpaired) electrons. The number of rotatable bonds is 3. The maximum absolute atomic E-state index is 12.0. The lowest BCUT2D eigenvalue weighted by atomic mass is 10.2. The van der Waals surface area contributed by atoms with Gasteiger partial charge >= 0.3 is 6.36 Å². The van der Waals surface area contributed by atoms with Crippen LogP contribution in [0.2, 0.25) is 0 Å². The Labute approximate surface area is 119 Å². The number of halogens is 3. The highest BCUT2D eigenvalue weighted by atomic mass is 32.2. The Kier molecular flexibility index (Phi) is 4.80. The van der Waals surface area contributed by atoms with E-state index in [9.17, 15) is 13.2 Å². The van der Waals surface area contributed by atoms with Gasteiger partial charge in [0.15, 0.2) is 5.17 Å². The summed E-state index contributed by atoms with van der Waals surface area (Å²) in [6, 6.07) is 5.97. The van der Waals surface area contributed by atoms with Crippen molar-refractivity contribution in [1.82, 2.24) is 0 Å². The zero-order valence-corrected chi connectivity index (χ0v) is 11.7. The van der Waals surface area contributed by atoms with Gasteiger partial charge in [-0.25, -0.2) is 0 Å². The highest BCUT2D eigenvalue weighted by Crippen LogP contribution is 2.25. The highest BCUT2D eigenvalue weighted by molar-refractivity contribution is 8.14. The van der Waals surface area contributed by atoms with Gasteiger partial charge in [-0.15, -0.1) is 13.2 Å². The van der Waals surface area contributed by atoms with E-state index < -0.39 is 6.36 Å². The summed E-state index contributed by atoms with van der Waals surface area (Å²) in [5, 5.41) is 3.92. The van der Waals surface area contributed by atoms with Crippen LogP contribution >= 0.6 is 11.8 Å². The van der Waals surface area contributed by atoms with Gasteiger partial charge in [0.25, 0.3) is 0 Å². The molecule has 3 nitrogen and oxygen atoms in total. The van der Waals surface area contributed by atoms with Crippen LogP contribution in [0.15, 0.2) is 29.3 Å². The van der Waals surface area contributed by atoms with Crippen LogP contribution in [0.1, 0.15) is 19.8 Å². The zero-order valence-electron chi connectivity index (χ0n) is 10.9. The largest absolute Gasteiger partial charge is 0.573 e. The molecule has 0 fully saturated rings. The fourth-order valence-electron chi connectivity index (χ4n) is 1.79. The average molecular weight is 304 g/mol. The van der Waals surface area contributed by atoms with Crippen molar-refractivity contribution in [1.29, 1.82) is 0 Å². The second kappa shape index (κ2) is 6.39. The summed E-state index contributed by atoms with van der Waals surface area (Å²) in [6.45, 7) is 2.09. The minimum absolute atomic E-state index is 0.229. The molecule has 1 N–H and O–H groups in total. The molecule has 0 aliphatic carbocycles. The quantitative estimate of drug-likeness (QED) is 0.905. The molecule has 110 valence electrons. The molecule has 1 aliphatic rings. The van der Waals surface area contributed by atoms with E-state index in [1.54, 1.807) is 23.9 Å². The van der Waals surface area contributed by atoms with Gasteiger partial charge in [-0.2, -0.15) is 0 Å². The van der Waals surface area contributed by atoms with E-state index in [-0.39, 0.29) is 5.75 Å². The van der Waals surface area contributed by atoms with E-state index in [1.165, 1.54) is 12.1 Å². The number of alkyl halides is 3. The van der Waals surface area contributed by atoms with Crippen LogP contribution in [0.25, 0.3) is 0 Å². The second-order valence-corrected chi connectivity index (χ2v) is 5.41. The summed E-state index contributed by atoms with van der Waals surface area (Å²) in [7, 11) is 0. The fourth-order valence-corrected chi connectivity index (χ4v) is 2.78. The first-order valence-electron chi connectivity index (χ1n) is 6.29. The summed E-state index contributed by atoms with van der Waals surface area (Å²) < 4.78 is 39.9. The van der Waals surface area contributed by atoms with Crippen LogP contribution in [0.3, 0.4) is 0 Å². The molecule has 0 spiro atoms. The third-order valence-corrected chi connectivity index (χ3v) is 3.72. The van der Waals surface area contributed by atoms with Gasteiger partial charge in [-0.3, -0.25) is 4.99 Å². The predicted octanol–water partition coefficient (Wildman–Crippen LogP) is 4.27. The van der Waals surface area contributed by atoms with E-state index in [0.717, 1.165) is 23.8 Å². The number of anilines is 1. The van der Waals surface area contributed by atoms with Crippen LogP contribution in [-0.2, 0) is 0 Å². The van der Waals surface area contributed by atoms with Crippen molar-refractivity contribution in [2.24, 2.45) is 4.99 Å². The van der Waals surface area contributed by atoms with Gasteiger partial charge in [0.2, 0.25) is 0 Å². The molecule has 1 heterocycles. The third kappa shape index (κ3) is 4.63. The molecule has 2 rings (SSSR count). The van der Waals surface area contributed by atoms with Crippen LogP contribution in [0.4, 0.5) is 18.9 Å². The number of thioether (sulfide) groups is 1. The van der Waals surface area contributed by atoms with E-state index in [2.05, 4.69) is 22.0 Å². The Morgan fingerprint density at radius 2 is 2.05 bits per heavy atom. The maximum Gasteiger partial charge on any atom is 0.573 e. The smallest absolute Gasteiger partial charge is 0.406 e. The van der Waals surface area contributed by atoms with Gasteiger partial charge < -0.3 is 10.1 Å². The number of benzene rings is 1. The molecule has 1 aliphatic heterocycles. The number of nitrogens with zero attached hydrogens (tertiary/aromatic N) is 1. The number of ether oxygens (including phenoxy) is 1. The highest BCUT2D eigenvalue weighted by Gasteiger charge is 2.30. The lowest BCUT2D eigenvalue weighted by Gasteiger charge is -2.19. The third-order valence-electron chi connectivity index (χ3n) is 2.80. The van der Waals surface area contributed by atoms with Crippen molar-refractivity contribution in [2.75, 3.05) is 11.1 Å². The molecule has 1 unspecified atom stereocenters. The molecular weight excluding hydrogens is 289 g/mol. The molecule has 0 saturated heterocycles. The first-order valence-corrected chi connectivity index (χ1v) is 7.28. The summed E-state index contributed by atoms with van der Waals surface area (Å²) in [5.41, 5.74) is 0.697. The van der Waals surface area contributed by atoms with Crippen LogP contribution in [-0.4, -0.2) is 23.3 Å². The number of hydrogen-bond donors (Lipinski definition) is 1. The van der Waals surface area contributed by atoms with Crippen molar-refractivity contribution in [3.63, 3.8) is 0 Å². The maximum atomic E-state index is 12.0. The SMILES string of the molecule is CCC1CCSC(Nc2ccc(OC(F)(F)F)cc2)=N1. The first kappa shape index (κ1) is 15.0. The first-order chi connectivity index (χ1) is 9.46. The van der Waals surface area contributed by atoms with Crippen molar-refractivity contribution >= 4 is 22.6 Å². The molecule has 0 aromatic heterocycles. The Balaban J connectivity index is 1.98. The van der Waals surface area contributed by atoms with Gasteiger partial charge in [0.1, 0.15) is 5.75 Å². The second-order valence-electron chi connectivity index (χ2n) is 4.33. The lowest BCUT2D eigenvalue weighted by Crippen LogP contribution is -2.19. The molecule has 1 atom stereocenters. The van der Waals surface area contributed by atoms with Crippen molar-refractivity contribution in [3.05, 3.63) is 24.3 Å². The summed E-state index contributed by atoms with van der Waals surface area (Å²) in [6.07, 6.45) is -2.61. The normalized spacial score (nSPS) is 19.4. The number of hydrogen-bond acceptors (Lipinski definition) is 4. The van der Waals surface area contributed by atoms with E-state index >= 15 is 0 Å². The monoisotopic (exact) mass is 304 g/mol. The Hall–Kier alpha value is -1.37. The number of amidine groups is 1. The van der Waals surface area contributed by atoms with Crippen molar-refractivity contribution in [2.45, 2.75) is 32.2 Å². The summed E-state index contributed by atoms with van der Waals surface area (Å²) >= 11 is 1.62. The molecule has 0 saturated carbocycles. The van der Waals surface area contributed by atoms with Crippen LogP contribution < -0.4 is 10.1 Å². The lowest BCUT2D eigenvalue weighted by molar-refractivity contribution is -0.274. The van der Waals surface area contributed by atoms with Gasteiger partial charge in [0.05, 0.1) is 6.04 Å².